The summed E-state index contributed by atoms with van der Waals surface area (Å²) in [5, 5.41) is 0. The second kappa shape index (κ2) is 6.25. The predicted octanol–water partition coefficient (Wildman–Crippen LogP) is 3.12. The quantitative estimate of drug-likeness (QED) is 0.743. The molecule has 0 aromatic heterocycles. The first-order valence-electron chi connectivity index (χ1n) is 5.34. The Morgan fingerprint density at radius 2 is 1.72 bits per heavy atom. The molecule has 1 aromatic carbocycles. The van der Waals surface area contributed by atoms with Crippen LogP contribution in [0.1, 0.15) is 31.9 Å². The molecule has 0 aliphatic carbocycles. The Morgan fingerprint density at radius 3 is 2.22 bits per heavy atom. The van der Waals surface area contributed by atoms with Crippen molar-refractivity contribution in [3.63, 3.8) is 0 Å². The van der Waals surface area contributed by atoms with Crippen LogP contribution in [0.3, 0.4) is 0 Å². The second-order valence-electron chi connectivity index (χ2n) is 4.91. The van der Waals surface area contributed by atoms with Crippen LogP contribution < -0.4 is 4.52 Å². The molecular formula is C11H18O5P2. The van der Waals surface area contributed by atoms with Crippen molar-refractivity contribution < 1.29 is 23.5 Å². The number of hydrogen-bond donors (Lipinski definition) is 3. The summed E-state index contributed by atoms with van der Waals surface area (Å²) >= 11 is 0. The molecule has 1 unspecified atom stereocenters. The molecule has 102 valence electrons. The van der Waals surface area contributed by atoms with Crippen LogP contribution in [0.2, 0.25) is 0 Å². The molecule has 0 bridgehead atoms. The van der Waals surface area contributed by atoms with Crippen LogP contribution in [0.5, 0.6) is 5.75 Å². The molecule has 0 fully saturated rings. The zero-order valence-corrected chi connectivity index (χ0v) is 12.6. The Morgan fingerprint density at radius 1 is 1.11 bits per heavy atom. The third-order valence-electron chi connectivity index (χ3n) is 2.26. The molecule has 0 saturated heterocycles. The topological polar surface area (TPSA) is 79.2 Å². The second-order valence-corrected chi connectivity index (χ2v) is 6.73. The summed E-state index contributed by atoms with van der Waals surface area (Å²) in [5.74, 6) is 0.493. The van der Waals surface area contributed by atoms with Crippen LogP contribution in [0.15, 0.2) is 18.2 Å². The molecular weight excluding hydrogens is 274 g/mol. The van der Waals surface area contributed by atoms with Crippen molar-refractivity contribution in [2.45, 2.75) is 33.1 Å². The van der Waals surface area contributed by atoms with Gasteiger partial charge in [0.15, 0.2) is 0 Å². The van der Waals surface area contributed by atoms with Crippen LogP contribution in [0.4, 0.5) is 0 Å². The summed E-state index contributed by atoms with van der Waals surface area (Å²) in [6, 6.07) is 5.67. The maximum Gasteiger partial charge on any atom is 0.401 e. The minimum absolute atomic E-state index is 0.150. The summed E-state index contributed by atoms with van der Waals surface area (Å²) in [6.07, 6.45) is 0. The van der Waals surface area contributed by atoms with Gasteiger partial charge in [-0.1, -0.05) is 32.9 Å². The fourth-order valence-electron chi connectivity index (χ4n) is 1.49. The number of hydrogen-bond acceptors (Lipinski definition) is 5. The highest BCUT2D eigenvalue weighted by atomic mass is 31.2. The minimum atomic E-state index is -2.63. The van der Waals surface area contributed by atoms with Gasteiger partial charge in [-0.25, -0.2) is 4.31 Å². The van der Waals surface area contributed by atoms with E-state index in [1.807, 2.05) is 39.8 Å². The molecule has 18 heavy (non-hydrogen) atoms. The van der Waals surface area contributed by atoms with Crippen molar-refractivity contribution in [2.24, 2.45) is 0 Å². The average Bonchev–Trinajstić information content (AvgIpc) is 2.13. The van der Waals surface area contributed by atoms with Gasteiger partial charge in [-0.15, -0.1) is 0 Å². The van der Waals surface area contributed by atoms with Crippen molar-refractivity contribution in [1.29, 1.82) is 0 Å². The van der Waals surface area contributed by atoms with E-state index in [4.69, 9.17) is 14.3 Å². The lowest BCUT2D eigenvalue weighted by atomic mass is 9.86. The highest BCUT2D eigenvalue weighted by Crippen LogP contribution is 2.48. The molecule has 7 heteroatoms. The molecule has 0 aliphatic heterocycles. The molecule has 0 spiro atoms. The monoisotopic (exact) mass is 292 g/mol. The van der Waals surface area contributed by atoms with Gasteiger partial charge in [0.05, 0.1) is 0 Å². The standard InChI is InChI=1S/C11H18O5P2/c1-8-5-6-9(11(2,3)4)10(7-8)15-18(14)16-17(12)13/h5-7,12-14H,1-4H3. The lowest BCUT2D eigenvalue weighted by Gasteiger charge is -2.23. The summed E-state index contributed by atoms with van der Waals surface area (Å²) in [7, 11) is -4.97. The first kappa shape index (κ1) is 15.8. The van der Waals surface area contributed by atoms with Gasteiger partial charge >= 0.3 is 17.2 Å². The molecule has 0 saturated carbocycles. The van der Waals surface area contributed by atoms with Crippen molar-refractivity contribution in [2.75, 3.05) is 0 Å². The molecule has 1 atom stereocenters. The van der Waals surface area contributed by atoms with Gasteiger partial charge < -0.3 is 19.2 Å². The Labute approximate surface area is 109 Å². The van der Waals surface area contributed by atoms with Crippen molar-refractivity contribution in [3.8, 4) is 5.75 Å². The summed E-state index contributed by atoms with van der Waals surface area (Å²) in [6.45, 7) is 7.98. The predicted molar refractivity (Wildman–Crippen MR) is 72.1 cm³/mol. The van der Waals surface area contributed by atoms with E-state index < -0.39 is 17.2 Å². The highest BCUT2D eigenvalue weighted by molar-refractivity contribution is 7.54. The normalized spacial score (nSPS) is 13.8. The SMILES string of the molecule is Cc1ccc(C(C)(C)C)c(OP(O)OP(O)O)c1. The van der Waals surface area contributed by atoms with Crippen LogP contribution >= 0.6 is 17.2 Å². The molecule has 0 radical (unpaired) electrons. The van der Waals surface area contributed by atoms with Gasteiger partial charge in [-0.2, -0.15) is 0 Å². The van der Waals surface area contributed by atoms with Gasteiger partial charge in [-0.3, -0.25) is 0 Å². The highest BCUT2D eigenvalue weighted by Gasteiger charge is 2.22. The fourth-order valence-corrected chi connectivity index (χ4v) is 2.44. The smallest absolute Gasteiger partial charge is 0.401 e. The molecule has 0 heterocycles. The molecule has 0 amide bonds. The third-order valence-corrected chi connectivity index (χ3v) is 3.76. The summed E-state index contributed by atoms with van der Waals surface area (Å²) in [5.41, 5.74) is 1.75. The lowest BCUT2D eigenvalue weighted by Crippen LogP contribution is -2.12. The van der Waals surface area contributed by atoms with E-state index in [9.17, 15) is 4.89 Å². The third kappa shape index (κ3) is 4.77. The van der Waals surface area contributed by atoms with Crippen molar-refractivity contribution in [1.82, 2.24) is 0 Å². The molecule has 0 aliphatic rings. The maximum atomic E-state index is 9.47. The van der Waals surface area contributed by atoms with Gasteiger partial charge in [0.2, 0.25) is 0 Å². The number of rotatable bonds is 4. The van der Waals surface area contributed by atoms with E-state index in [-0.39, 0.29) is 5.41 Å². The first-order valence-corrected chi connectivity index (χ1v) is 7.64. The average molecular weight is 292 g/mol. The Hall–Kier alpha value is -0.280. The Balaban J connectivity index is 2.96. The molecule has 1 rings (SSSR count). The van der Waals surface area contributed by atoms with Gasteiger partial charge in [0.25, 0.3) is 0 Å². The summed E-state index contributed by atoms with van der Waals surface area (Å²) in [4.78, 5) is 26.8. The van der Waals surface area contributed by atoms with E-state index >= 15 is 0 Å². The lowest BCUT2D eigenvalue weighted by molar-refractivity contribution is 0.327. The van der Waals surface area contributed by atoms with Gasteiger partial charge in [0.1, 0.15) is 5.75 Å². The van der Waals surface area contributed by atoms with Gasteiger partial charge in [-0.05, 0) is 24.0 Å². The molecule has 1 aromatic rings. The zero-order valence-electron chi connectivity index (χ0n) is 10.8. The van der Waals surface area contributed by atoms with Crippen LogP contribution in [-0.2, 0) is 9.73 Å². The molecule has 3 N–H and O–H groups in total. The van der Waals surface area contributed by atoms with Crippen LogP contribution in [0, 0.1) is 6.92 Å². The number of benzene rings is 1. The Kier molecular flexibility index (Phi) is 5.47. The first-order chi connectivity index (χ1) is 8.20. The van der Waals surface area contributed by atoms with Crippen molar-refractivity contribution >= 4 is 17.2 Å². The minimum Gasteiger partial charge on any atom is -0.426 e. The van der Waals surface area contributed by atoms with Crippen LogP contribution in [0.25, 0.3) is 0 Å². The van der Waals surface area contributed by atoms with Crippen molar-refractivity contribution in [3.05, 3.63) is 29.3 Å². The fraction of sp³-hybridized carbons (Fsp3) is 0.455. The van der Waals surface area contributed by atoms with E-state index in [1.54, 1.807) is 6.07 Å². The van der Waals surface area contributed by atoms with Gasteiger partial charge in [0, 0.05) is 5.56 Å². The Bertz CT molecular complexity index is 403. The van der Waals surface area contributed by atoms with E-state index in [1.165, 1.54) is 0 Å². The van der Waals surface area contributed by atoms with E-state index in [2.05, 4.69) is 4.31 Å². The van der Waals surface area contributed by atoms with E-state index in [0.717, 1.165) is 11.1 Å². The maximum absolute atomic E-state index is 9.47. The largest absolute Gasteiger partial charge is 0.426 e. The zero-order chi connectivity index (χ0) is 13.9. The summed E-state index contributed by atoms with van der Waals surface area (Å²) < 4.78 is 9.69. The van der Waals surface area contributed by atoms with Crippen LogP contribution in [-0.4, -0.2) is 14.7 Å². The number of aryl methyl sites for hydroxylation is 1. The molecule has 5 nitrogen and oxygen atoms in total. The van der Waals surface area contributed by atoms with E-state index in [0.29, 0.717) is 5.75 Å².